The van der Waals surface area contributed by atoms with Crippen LogP contribution in [0, 0.1) is 0 Å². The van der Waals surface area contributed by atoms with Crippen molar-refractivity contribution in [2.45, 2.75) is 83.7 Å². The van der Waals surface area contributed by atoms with Crippen LogP contribution < -0.4 is 0 Å². The molecule has 0 radical (unpaired) electrons. The van der Waals surface area contributed by atoms with Gasteiger partial charge in [-0.1, -0.05) is 58.3 Å². The molecule has 1 atom stereocenters. The second-order valence-corrected chi connectivity index (χ2v) is 6.89. The van der Waals surface area contributed by atoms with E-state index in [2.05, 4.69) is 0 Å². The first-order valence-electron chi connectivity index (χ1n) is 7.59. The molecule has 19 heavy (non-hydrogen) atoms. The van der Waals surface area contributed by atoms with Crippen LogP contribution in [-0.2, 0) is 10.1 Å². The monoisotopic (exact) mass is 294 g/mol. The lowest BCUT2D eigenvalue weighted by molar-refractivity contribution is 0.156. The van der Waals surface area contributed by atoms with E-state index in [1.807, 2.05) is 6.92 Å². The fourth-order valence-corrected chi connectivity index (χ4v) is 2.67. The van der Waals surface area contributed by atoms with Gasteiger partial charge in [0.05, 0.1) is 11.9 Å². The second-order valence-electron chi connectivity index (χ2n) is 5.32. The summed E-state index contributed by atoms with van der Waals surface area (Å²) in [5.41, 5.74) is 0. The quantitative estimate of drug-likeness (QED) is 0.402. The lowest BCUT2D eigenvalue weighted by Crippen LogP contribution is -2.03. The van der Waals surface area contributed by atoms with E-state index in [9.17, 15) is 13.5 Å². The van der Waals surface area contributed by atoms with E-state index in [1.165, 1.54) is 25.7 Å². The van der Waals surface area contributed by atoms with Gasteiger partial charge in [-0.25, -0.2) is 0 Å². The highest BCUT2D eigenvalue weighted by Gasteiger charge is 2.03. The Morgan fingerprint density at radius 1 is 0.842 bits per heavy atom. The predicted molar refractivity (Wildman–Crippen MR) is 78.9 cm³/mol. The normalized spacial score (nSPS) is 13.6. The maximum absolute atomic E-state index is 10.5. The standard InChI is InChI=1S/C14H30O4S/c1-2-14(15)12-10-8-6-4-3-5-7-9-11-13-19(16,17)18/h14-15H,2-13H2,1H3,(H,16,17,18). The summed E-state index contributed by atoms with van der Waals surface area (Å²) in [4.78, 5) is 0. The Bertz CT molecular complexity index is 288. The number of aliphatic hydroxyl groups excluding tert-OH is 1. The van der Waals surface area contributed by atoms with Gasteiger partial charge in [-0.15, -0.1) is 0 Å². The molecule has 0 spiro atoms. The van der Waals surface area contributed by atoms with Crippen molar-refractivity contribution in [3.63, 3.8) is 0 Å². The molecule has 0 aromatic heterocycles. The fourth-order valence-electron chi connectivity index (χ4n) is 2.11. The molecule has 0 heterocycles. The lowest BCUT2D eigenvalue weighted by atomic mass is 10.0. The number of rotatable bonds is 13. The molecule has 0 aliphatic rings. The highest BCUT2D eigenvalue weighted by molar-refractivity contribution is 7.85. The minimum atomic E-state index is -3.76. The van der Waals surface area contributed by atoms with E-state index in [0.29, 0.717) is 6.42 Å². The van der Waals surface area contributed by atoms with Gasteiger partial charge >= 0.3 is 0 Å². The topological polar surface area (TPSA) is 74.6 Å². The first-order valence-corrected chi connectivity index (χ1v) is 9.20. The van der Waals surface area contributed by atoms with Crippen LogP contribution in [0.15, 0.2) is 0 Å². The average molecular weight is 294 g/mol. The van der Waals surface area contributed by atoms with Crippen LogP contribution in [0.4, 0.5) is 0 Å². The molecule has 0 fully saturated rings. The molecule has 0 aromatic rings. The van der Waals surface area contributed by atoms with Crippen LogP contribution in [-0.4, -0.2) is 29.9 Å². The third-order valence-electron chi connectivity index (χ3n) is 3.41. The molecule has 0 amide bonds. The maximum atomic E-state index is 10.5. The van der Waals surface area contributed by atoms with Crippen molar-refractivity contribution in [2.75, 3.05) is 5.75 Å². The summed E-state index contributed by atoms with van der Waals surface area (Å²) in [6.07, 6.45) is 11.2. The SMILES string of the molecule is CCC(O)CCCCCCCCCCCS(=O)(=O)O. The van der Waals surface area contributed by atoms with E-state index in [1.54, 1.807) is 0 Å². The van der Waals surface area contributed by atoms with Gasteiger partial charge in [-0.05, 0) is 19.3 Å². The Labute approximate surface area is 118 Å². The van der Waals surface area contributed by atoms with Crippen molar-refractivity contribution in [1.82, 2.24) is 0 Å². The summed E-state index contributed by atoms with van der Waals surface area (Å²) >= 11 is 0. The summed E-state index contributed by atoms with van der Waals surface area (Å²) in [7, 11) is -3.76. The fraction of sp³-hybridized carbons (Fsp3) is 1.00. The third-order valence-corrected chi connectivity index (χ3v) is 4.22. The Hall–Kier alpha value is -0.130. The summed E-state index contributed by atoms with van der Waals surface area (Å²) in [5, 5.41) is 9.38. The summed E-state index contributed by atoms with van der Waals surface area (Å²) in [6, 6.07) is 0. The van der Waals surface area contributed by atoms with Gasteiger partial charge in [-0.3, -0.25) is 4.55 Å². The molecular formula is C14H30O4S. The van der Waals surface area contributed by atoms with Crippen molar-refractivity contribution in [3.8, 4) is 0 Å². The predicted octanol–water partition coefficient (Wildman–Crippen LogP) is 3.55. The molecule has 0 aliphatic heterocycles. The van der Waals surface area contributed by atoms with Crippen molar-refractivity contribution in [2.24, 2.45) is 0 Å². The lowest BCUT2D eigenvalue weighted by Gasteiger charge is -2.06. The van der Waals surface area contributed by atoms with Crippen molar-refractivity contribution < 1.29 is 18.1 Å². The molecule has 4 nitrogen and oxygen atoms in total. The van der Waals surface area contributed by atoms with E-state index in [4.69, 9.17) is 4.55 Å². The maximum Gasteiger partial charge on any atom is 0.264 e. The molecule has 1 unspecified atom stereocenters. The highest BCUT2D eigenvalue weighted by Crippen LogP contribution is 2.12. The van der Waals surface area contributed by atoms with Gasteiger partial charge < -0.3 is 5.11 Å². The second kappa shape index (κ2) is 11.7. The summed E-state index contributed by atoms with van der Waals surface area (Å²) in [6.45, 7) is 2.01. The van der Waals surface area contributed by atoms with Crippen LogP contribution in [0.1, 0.15) is 77.6 Å². The van der Waals surface area contributed by atoms with Crippen LogP contribution >= 0.6 is 0 Å². The van der Waals surface area contributed by atoms with Crippen molar-refractivity contribution >= 4 is 10.1 Å². The Morgan fingerprint density at radius 2 is 1.26 bits per heavy atom. The molecule has 0 saturated heterocycles. The van der Waals surface area contributed by atoms with Gasteiger partial charge in [0, 0.05) is 0 Å². The minimum Gasteiger partial charge on any atom is -0.393 e. The van der Waals surface area contributed by atoms with Crippen LogP contribution in [0.5, 0.6) is 0 Å². The first kappa shape index (κ1) is 18.9. The molecule has 0 aliphatic carbocycles. The van der Waals surface area contributed by atoms with Gasteiger partial charge in [0.2, 0.25) is 0 Å². The van der Waals surface area contributed by atoms with E-state index in [0.717, 1.165) is 38.5 Å². The molecule has 5 heteroatoms. The van der Waals surface area contributed by atoms with Crippen LogP contribution in [0.25, 0.3) is 0 Å². The summed E-state index contributed by atoms with van der Waals surface area (Å²) in [5.74, 6) is -0.104. The van der Waals surface area contributed by atoms with Crippen molar-refractivity contribution in [1.29, 1.82) is 0 Å². The van der Waals surface area contributed by atoms with Gasteiger partial charge in [-0.2, -0.15) is 8.42 Å². The molecular weight excluding hydrogens is 264 g/mol. The zero-order valence-corrected chi connectivity index (χ0v) is 13.0. The van der Waals surface area contributed by atoms with E-state index >= 15 is 0 Å². The van der Waals surface area contributed by atoms with Gasteiger partial charge in [0.25, 0.3) is 10.1 Å². The zero-order valence-electron chi connectivity index (χ0n) is 12.2. The van der Waals surface area contributed by atoms with Crippen LogP contribution in [0.3, 0.4) is 0 Å². The number of unbranched alkanes of at least 4 members (excludes halogenated alkanes) is 8. The molecule has 0 bridgehead atoms. The molecule has 0 saturated carbocycles. The Kier molecular flexibility index (Phi) is 11.6. The number of hydrogen-bond acceptors (Lipinski definition) is 3. The third kappa shape index (κ3) is 15.8. The largest absolute Gasteiger partial charge is 0.393 e. The molecule has 0 aromatic carbocycles. The number of hydrogen-bond donors (Lipinski definition) is 2. The molecule has 116 valence electrons. The highest BCUT2D eigenvalue weighted by atomic mass is 32.2. The molecule has 0 rings (SSSR count). The first-order chi connectivity index (χ1) is 8.95. The Balaban J connectivity index is 3.11. The smallest absolute Gasteiger partial charge is 0.264 e. The Morgan fingerprint density at radius 3 is 1.68 bits per heavy atom. The minimum absolute atomic E-state index is 0.104. The summed E-state index contributed by atoms with van der Waals surface area (Å²) < 4.78 is 29.5. The van der Waals surface area contributed by atoms with Gasteiger partial charge in [0.1, 0.15) is 0 Å². The average Bonchev–Trinajstić information content (AvgIpc) is 2.34. The molecule has 2 N–H and O–H groups in total. The van der Waals surface area contributed by atoms with E-state index in [-0.39, 0.29) is 11.9 Å². The van der Waals surface area contributed by atoms with Crippen LogP contribution in [0.2, 0.25) is 0 Å². The number of aliphatic hydroxyl groups is 1. The van der Waals surface area contributed by atoms with Gasteiger partial charge in [0.15, 0.2) is 0 Å². The van der Waals surface area contributed by atoms with E-state index < -0.39 is 10.1 Å². The van der Waals surface area contributed by atoms with Crippen molar-refractivity contribution in [3.05, 3.63) is 0 Å². The zero-order chi connectivity index (χ0) is 14.6.